The third-order valence-corrected chi connectivity index (χ3v) is 2.21. The van der Waals surface area contributed by atoms with Crippen LogP contribution in [0.2, 0.25) is 0 Å². The van der Waals surface area contributed by atoms with Gasteiger partial charge in [-0.3, -0.25) is 0 Å². The lowest BCUT2D eigenvalue weighted by Gasteiger charge is -2.08. The van der Waals surface area contributed by atoms with Crippen molar-refractivity contribution in [1.29, 1.82) is 0 Å². The molecule has 0 saturated heterocycles. The van der Waals surface area contributed by atoms with Crippen molar-refractivity contribution in [3.63, 3.8) is 0 Å². The monoisotopic (exact) mass is 234 g/mol. The number of hydrogen-bond acceptors (Lipinski definition) is 4. The number of carbonyl (C=O) groups excluding carboxylic acids is 1. The van der Waals surface area contributed by atoms with Crippen LogP contribution in [-0.4, -0.2) is 12.6 Å². The first-order valence-corrected chi connectivity index (χ1v) is 5.48. The molecule has 17 heavy (non-hydrogen) atoms. The summed E-state index contributed by atoms with van der Waals surface area (Å²) in [6.07, 6.45) is 0.873. The van der Waals surface area contributed by atoms with Crippen LogP contribution in [-0.2, 0) is 4.79 Å². The molecule has 0 amide bonds. The normalized spacial score (nSPS) is 11.2. The first kappa shape index (κ1) is 11.5. The zero-order chi connectivity index (χ0) is 12.4. The van der Waals surface area contributed by atoms with Gasteiger partial charge in [-0.25, -0.2) is 4.79 Å². The van der Waals surface area contributed by atoms with Gasteiger partial charge in [-0.05, 0) is 25.5 Å². The van der Waals surface area contributed by atoms with Crippen LogP contribution in [0.1, 0.15) is 20.3 Å². The lowest BCUT2D eigenvalue weighted by molar-refractivity contribution is -0.130. The number of benzene rings is 1. The molecule has 90 valence electrons. The van der Waals surface area contributed by atoms with Gasteiger partial charge >= 0.3 is 5.97 Å². The maximum Gasteiger partial charge on any atom is 0.338 e. The third kappa shape index (κ3) is 2.41. The molecule has 1 aromatic rings. The summed E-state index contributed by atoms with van der Waals surface area (Å²) in [5, 5.41) is 0. The van der Waals surface area contributed by atoms with Gasteiger partial charge in [0.2, 0.25) is 11.5 Å². The molecule has 0 saturated carbocycles. The van der Waals surface area contributed by atoms with Crippen LogP contribution in [0.3, 0.4) is 0 Å². The van der Waals surface area contributed by atoms with E-state index in [1.165, 1.54) is 0 Å². The molecule has 2 rings (SSSR count). The van der Waals surface area contributed by atoms with E-state index in [2.05, 4.69) is 6.58 Å². The van der Waals surface area contributed by atoms with E-state index in [9.17, 15) is 4.79 Å². The highest BCUT2D eigenvalue weighted by molar-refractivity contribution is 5.89. The van der Waals surface area contributed by atoms with Crippen LogP contribution in [0.15, 0.2) is 24.3 Å². The Labute approximate surface area is 99.8 Å². The molecule has 1 aliphatic heterocycles. The van der Waals surface area contributed by atoms with Gasteiger partial charge in [-0.2, -0.15) is 0 Å². The Morgan fingerprint density at radius 1 is 1.47 bits per heavy atom. The summed E-state index contributed by atoms with van der Waals surface area (Å²) >= 11 is 0. The van der Waals surface area contributed by atoms with Gasteiger partial charge in [0.1, 0.15) is 0 Å². The van der Waals surface area contributed by atoms with Crippen molar-refractivity contribution in [3.05, 3.63) is 24.3 Å². The Kier molecular flexibility index (Phi) is 3.04. The van der Waals surface area contributed by atoms with Crippen molar-refractivity contribution >= 4 is 5.97 Å². The van der Waals surface area contributed by atoms with Gasteiger partial charge < -0.3 is 14.2 Å². The zero-order valence-corrected chi connectivity index (χ0v) is 9.91. The van der Waals surface area contributed by atoms with Crippen molar-refractivity contribution in [1.82, 2.24) is 0 Å². The Balaban J connectivity index is 2.19. The van der Waals surface area contributed by atoms with Crippen LogP contribution < -0.4 is 14.2 Å². The lowest BCUT2D eigenvalue weighted by Crippen LogP contribution is -2.09. The second kappa shape index (κ2) is 4.49. The SMILES string of the molecule is C=C(C)C(=O)Oc1ccc2c(c1OCCC)O2. The molecule has 1 aromatic carbocycles. The molecule has 0 radical (unpaired) electrons. The highest BCUT2D eigenvalue weighted by Crippen LogP contribution is 2.56. The summed E-state index contributed by atoms with van der Waals surface area (Å²) in [7, 11) is 0. The predicted molar refractivity (Wildman–Crippen MR) is 62.8 cm³/mol. The van der Waals surface area contributed by atoms with E-state index in [0.717, 1.165) is 12.2 Å². The molecule has 0 unspecified atom stereocenters. The highest BCUT2D eigenvalue weighted by Gasteiger charge is 2.30. The quantitative estimate of drug-likeness (QED) is 0.345. The molecule has 1 aliphatic rings. The number of hydrogen-bond donors (Lipinski definition) is 0. The number of carbonyl (C=O) groups is 1. The fourth-order valence-corrected chi connectivity index (χ4v) is 1.30. The number of rotatable bonds is 5. The smallest absolute Gasteiger partial charge is 0.338 e. The number of ether oxygens (including phenoxy) is 3. The molecule has 0 bridgehead atoms. The van der Waals surface area contributed by atoms with Gasteiger partial charge in [-0.1, -0.05) is 13.5 Å². The molecule has 4 heteroatoms. The molecule has 0 N–H and O–H groups in total. The fourth-order valence-electron chi connectivity index (χ4n) is 1.30. The lowest BCUT2D eigenvalue weighted by atomic mass is 10.3. The average Bonchev–Trinajstić information content (AvgIpc) is 3.06. The fraction of sp³-hybridized carbons (Fsp3) is 0.308. The summed E-state index contributed by atoms with van der Waals surface area (Å²) in [5.41, 5.74) is 0.345. The van der Waals surface area contributed by atoms with Crippen LogP contribution in [0.4, 0.5) is 0 Å². The number of fused-ring (bicyclic) bond motifs is 1. The summed E-state index contributed by atoms with van der Waals surface area (Å²) in [4.78, 5) is 11.4. The van der Waals surface area contributed by atoms with Gasteiger partial charge in [0.05, 0.1) is 6.61 Å². The van der Waals surface area contributed by atoms with Crippen LogP contribution >= 0.6 is 0 Å². The molecule has 1 heterocycles. The third-order valence-electron chi connectivity index (χ3n) is 2.21. The second-order valence-electron chi connectivity index (χ2n) is 3.84. The van der Waals surface area contributed by atoms with E-state index in [4.69, 9.17) is 14.2 Å². The summed E-state index contributed by atoms with van der Waals surface area (Å²) in [5.74, 6) is 1.84. The second-order valence-corrected chi connectivity index (χ2v) is 3.84. The molecule has 0 atom stereocenters. The Morgan fingerprint density at radius 3 is 2.88 bits per heavy atom. The highest BCUT2D eigenvalue weighted by atomic mass is 16.6. The Bertz CT molecular complexity index is 477. The first-order valence-electron chi connectivity index (χ1n) is 5.48. The summed E-state index contributed by atoms with van der Waals surface area (Å²) < 4.78 is 15.9. The van der Waals surface area contributed by atoms with E-state index >= 15 is 0 Å². The Morgan fingerprint density at radius 2 is 2.24 bits per heavy atom. The van der Waals surface area contributed by atoms with Gasteiger partial charge in [0.15, 0.2) is 11.5 Å². The van der Waals surface area contributed by atoms with E-state index in [0.29, 0.717) is 29.4 Å². The van der Waals surface area contributed by atoms with Crippen LogP contribution in [0.25, 0.3) is 0 Å². The minimum absolute atomic E-state index is 0.345. The molecule has 0 spiro atoms. The zero-order valence-electron chi connectivity index (χ0n) is 9.91. The van der Waals surface area contributed by atoms with Gasteiger partial charge in [0, 0.05) is 5.57 Å². The van der Waals surface area contributed by atoms with Gasteiger partial charge in [0.25, 0.3) is 0 Å². The minimum atomic E-state index is -0.466. The van der Waals surface area contributed by atoms with Crippen LogP contribution in [0.5, 0.6) is 23.0 Å². The standard InChI is InChI=1S/C13H14O4/c1-4-7-15-11-9(17-13(14)8(2)3)5-6-10-12(11)16-10/h5-6H,2,4,7H2,1,3H3. The molecular formula is C13H14O4. The van der Waals surface area contributed by atoms with Crippen molar-refractivity contribution in [3.8, 4) is 23.0 Å². The summed E-state index contributed by atoms with van der Waals surface area (Å²) in [6.45, 7) is 7.68. The van der Waals surface area contributed by atoms with Gasteiger partial charge in [-0.15, -0.1) is 0 Å². The maximum absolute atomic E-state index is 11.4. The Hall–Kier alpha value is -1.97. The largest absolute Gasteiger partial charge is 0.486 e. The van der Waals surface area contributed by atoms with E-state index in [1.54, 1.807) is 19.1 Å². The maximum atomic E-state index is 11.4. The molecule has 0 aromatic heterocycles. The van der Waals surface area contributed by atoms with Crippen molar-refractivity contribution in [2.75, 3.05) is 6.61 Å². The topological polar surface area (TPSA) is 48.1 Å². The minimum Gasteiger partial charge on any atom is -0.486 e. The van der Waals surface area contributed by atoms with E-state index < -0.39 is 5.97 Å². The predicted octanol–water partition coefficient (Wildman–Crippen LogP) is 3.06. The van der Waals surface area contributed by atoms with E-state index in [1.807, 2.05) is 6.92 Å². The molecule has 0 fully saturated rings. The van der Waals surface area contributed by atoms with Crippen molar-refractivity contribution in [2.45, 2.75) is 20.3 Å². The molecule has 0 aliphatic carbocycles. The van der Waals surface area contributed by atoms with E-state index in [-0.39, 0.29) is 0 Å². The van der Waals surface area contributed by atoms with Crippen LogP contribution in [0, 0.1) is 0 Å². The first-order chi connectivity index (χ1) is 8.13. The average molecular weight is 234 g/mol. The summed E-state index contributed by atoms with van der Waals surface area (Å²) in [6, 6.07) is 3.41. The molecule has 4 nitrogen and oxygen atoms in total. The number of esters is 1. The van der Waals surface area contributed by atoms with Crippen molar-refractivity contribution in [2.24, 2.45) is 0 Å². The molecular weight excluding hydrogens is 220 g/mol. The van der Waals surface area contributed by atoms with Crippen molar-refractivity contribution < 1.29 is 19.0 Å².